The minimum absolute atomic E-state index is 0.0805. The van der Waals surface area contributed by atoms with Gasteiger partial charge in [-0.1, -0.05) is 6.08 Å². The molecular weight excluding hydrogens is 167 g/mol. The predicted molar refractivity (Wildman–Crippen MR) is 37.1 cm³/mol. The van der Waals surface area contributed by atoms with Gasteiger partial charge in [-0.3, -0.25) is 0 Å². The Morgan fingerprint density at radius 1 is 1.42 bits per heavy atom. The van der Waals surface area contributed by atoms with E-state index in [9.17, 15) is 13.2 Å². The van der Waals surface area contributed by atoms with Crippen molar-refractivity contribution in [3.05, 3.63) is 23.3 Å². The molecule has 0 aromatic rings. The molecule has 12 heavy (non-hydrogen) atoms. The highest BCUT2D eigenvalue weighted by Crippen LogP contribution is 2.34. The highest BCUT2D eigenvalue weighted by atomic mass is 19.4. The molecule has 0 fully saturated rings. The van der Waals surface area contributed by atoms with E-state index >= 15 is 0 Å². The summed E-state index contributed by atoms with van der Waals surface area (Å²) in [6.45, 7) is 0. The van der Waals surface area contributed by atoms with E-state index in [-0.39, 0.29) is 12.0 Å². The summed E-state index contributed by atoms with van der Waals surface area (Å²) < 4.78 is 36.4. The van der Waals surface area contributed by atoms with Gasteiger partial charge >= 0.3 is 6.18 Å². The fraction of sp³-hybridized carbons (Fsp3) is 0.375. The van der Waals surface area contributed by atoms with Crippen molar-refractivity contribution in [2.24, 2.45) is 0 Å². The molecule has 0 saturated heterocycles. The zero-order chi connectivity index (χ0) is 9.19. The number of hydrogen-bond donors (Lipinski definition) is 0. The molecule has 0 N–H and O–H groups in total. The molecule has 1 nitrogen and oxygen atoms in total. The van der Waals surface area contributed by atoms with E-state index < -0.39 is 11.7 Å². The Morgan fingerprint density at radius 3 is 2.50 bits per heavy atom. The van der Waals surface area contributed by atoms with Crippen molar-refractivity contribution in [2.45, 2.75) is 19.0 Å². The van der Waals surface area contributed by atoms with Crippen LogP contribution < -0.4 is 0 Å². The Balaban J connectivity index is 3.07. The molecule has 0 amide bonds. The second-order valence-electron chi connectivity index (χ2n) is 2.44. The molecule has 0 aliphatic heterocycles. The number of alkyl halides is 3. The Kier molecular flexibility index (Phi) is 2.22. The minimum atomic E-state index is -4.35. The topological polar surface area (TPSA) is 23.8 Å². The first-order valence-corrected chi connectivity index (χ1v) is 3.42. The maximum absolute atomic E-state index is 12.1. The number of hydrogen-bond acceptors (Lipinski definition) is 1. The van der Waals surface area contributed by atoms with Crippen LogP contribution in [-0.2, 0) is 0 Å². The third kappa shape index (κ3) is 1.67. The van der Waals surface area contributed by atoms with Gasteiger partial charge < -0.3 is 0 Å². The van der Waals surface area contributed by atoms with Gasteiger partial charge in [-0.2, -0.15) is 18.4 Å². The van der Waals surface area contributed by atoms with Gasteiger partial charge in [0, 0.05) is 0 Å². The molecule has 0 spiro atoms. The van der Waals surface area contributed by atoms with E-state index in [0.29, 0.717) is 6.42 Å². The van der Waals surface area contributed by atoms with Crippen molar-refractivity contribution < 1.29 is 13.2 Å². The zero-order valence-electron chi connectivity index (χ0n) is 6.15. The zero-order valence-corrected chi connectivity index (χ0v) is 6.15. The predicted octanol–water partition coefficient (Wildman–Crippen LogP) is 2.72. The lowest BCUT2D eigenvalue weighted by Gasteiger charge is -2.14. The van der Waals surface area contributed by atoms with Gasteiger partial charge in [0.05, 0.1) is 17.2 Å². The second kappa shape index (κ2) is 3.02. The van der Waals surface area contributed by atoms with E-state index in [4.69, 9.17) is 5.26 Å². The van der Waals surface area contributed by atoms with Crippen LogP contribution in [0, 0.1) is 11.3 Å². The van der Waals surface area contributed by atoms with Crippen LogP contribution in [0.4, 0.5) is 13.2 Å². The molecule has 1 rings (SSSR count). The Morgan fingerprint density at radius 2 is 2.08 bits per heavy atom. The van der Waals surface area contributed by atoms with Crippen LogP contribution in [0.15, 0.2) is 23.3 Å². The molecule has 4 heteroatoms. The SMILES string of the molecule is N#CC1=C(C(F)(F)F)CCC=C1. The normalized spacial score (nSPS) is 17.8. The fourth-order valence-corrected chi connectivity index (χ4v) is 1.06. The van der Waals surface area contributed by atoms with E-state index in [1.807, 2.05) is 0 Å². The van der Waals surface area contributed by atoms with Crippen LogP contribution >= 0.6 is 0 Å². The minimum Gasteiger partial charge on any atom is -0.192 e. The number of nitriles is 1. The lowest BCUT2D eigenvalue weighted by atomic mass is 9.98. The van der Waals surface area contributed by atoms with Crippen LogP contribution in [0.2, 0.25) is 0 Å². The van der Waals surface area contributed by atoms with E-state index in [1.54, 1.807) is 6.08 Å². The van der Waals surface area contributed by atoms with E-state index in [0.717, 1.165) is 0 Å². The molecule has 1 aliphatic rings. The largest absolute Gasteiger partial charge is 0.413 e. The van der Waals surface area contributed by atoms with E-state index in [2.05, 4.69) is 0 Å². The molecule has 0 heterocycles. The summed E-state index contributed by atoms with van der Waals surface area (Å²) >= 11 is 0. The quantitative estimate of drug-likeness (QED) is 0.552. The first-order valence-electron chi connectivity index (χ1n) is 3.42. The third-order valence-electron chi connectivity index (χ3n) is 1.63. The smallest absolute Gasteiger partial charge is 0.192 e. The van der Waals surface area contributed by atoms with Crippen molar-refractivity contribution in [1.82, 2.24) is 0 Å². The van der Waals surface area contributed by atoms with Crippen molar-refractivity contribution in [3.8, 4) is 6.07 Å². The van der Waals surface area contributed by atoms with Crippen LogP contribution in [-0.4, -0.2) is 6.18 Å². The average molecular weight is 173 g/mol. The number of allylic oxidation sites excluding steroid dienone is 4. The van der Waals surface area contributed by atoms with Crippen molar-refractivity contribution >= 4 is 0 Å². The Hall–Kier alpha value is -1.24. The molecule has 1 aliphatic carbocycles. The van der Waals surface area contributed by atoms with E-state index in [1.165, 1.54) is 12.1 Å². The van der Waals surface area contributed by atoms with Gasteiger partial charge in [0.1, 0.15) is 0 Å². The standard InChI is InChI=1S/C8H6F3N/c9-8(10,11)7-4-2-1-3-6(7)5-12/h1,3H,2,4H2. The van der Waals surface area contributed by atoms with Crippen LogP contribution in [0.5, 0.6) is 0 Å². The highest BCUT2D eigenvalue weighted by molar-refractivity contribution is 5.42. The van der Waals surface area contributed by atoms with Crippen molar-refractivity contribution in [2.75, 3.05) is 0 Å². The van der Waals surface area contributed by atoms with Crippen LogP contribution in [0.3, 0.4) is 0 Å². The third-order valence-corrected chi connectivity index (χ3v) is 1.63. The van der Waals surface area contributed by atoms with Gasteiger partial charge in [0.15, 0.2) is 0 Å². The van der Waals surface area contributed by atoms with Gasteiger partial charge in [-0.25, -0.2) is 0 Å². The molecule has 64 valence electrons. The molecular formula is C8H6F3N. The second-order valence-corrected chi connectivity index (χ2v) is 2.44. The maximum atomic E-state index is 12.1. The number of halogens is 3. The molecule has 0 bridgehead atoms. The van der Waals surface area contributed by atoms with Crippen molar-refractivity contribution in [3.63, 3.8) is 0 Å². The average Bonchev–Trinajstić information content (AvgIpc) is 2.03. The fourth-order valence-electron chi connectivity index (χ4n) is 1.06. The monoisotopic (exact) mass is 173 g/mol. The number of rotatable bonds is 0. The Labute approximate surface area is 67.8 Å². The maximum Gasteiger partial charge on any atom is 0.413 e. The van der Waals surface area contributed by atoms with Gasteiger partial charge in [-0.15, -0.1) is 0 Å². The molecule has 0 radical (unpaired) electrons. The summed E-state index contributed by atoms with van der Waals surface area (Å²) in [6.07, 6.45) is -1.27. The van der Waals surface area contributed by atoms with Gasteiger partial charge in [0.2, 0.25) is 0 Å². The first-order chi connectivity index (χ1) is 5.55. The lowest BCUT2D eigenvalue weighted by Crippen LogP contribution is -2.15. The summed E-state index contributed by atoms with van der Waals surface area (Å²) in [5.74, 6) is 0. The molecule has 0 aromatic carbocycles. The van der Waals surface area contributed by atoms with Crippen LogP contribution in [0.1, 0.15) is 12.8 Å². The molecule has 0 saturated carbocycles. The highest BCUT2D eigenvalue weighted by Gasteiger charge is 2.35. The summed E-state index contributed by atoms with van der Waals surface area (Å²) in [4.78, 5) is 0. The van der Waals surface area contributed by atoms with Crippen LogP contribution in [0.25, 0.3) is 0 Å². The summed E-state index contributed by atoms with van der Waals surface area (Å²) in [5.41, 5.74) is -0.957. The molecule has 0 unspecified atom stereocenters. The summed E-state index contributed by atoms with van der Waals surface area (Å²) in [7, 11) is 0. The van der Waals surface area contributed by atoms with Gasteiger partial charge in [-0.05, 0) is 18.9 Å². The van der Waals surface area contributed by atoms with Crippen molar-refractivity contribution in [1.29, 1.82) is 5.26 Å². The summed E-state index contributed by atoms with van der Waals surface area (Å²) in [6, 6.07) is 1.53. The van der Waals surface area contributed by atoms with Gasteiger partial charge in [0.25, 0.3) is 0 Å². The first kappa shape index (κ1) is 8.85. The number of nitrogens with zero attached hydrogens (tertiary/aromatic N) is 1. The Bertz CT molecular complexity index is 278. The molecule has 0 aromatic heterocycles. The summed E-state index contributed by atoms with van der Waals surface area (Å²) in [5, 5.41) is 8.37. The molecule has 0 atom stereocenters. The lowest BCUT2D eigenvalue weighted by molar-refractivity contribution is -0.0944.